The van der Waals surface area contributed by atoms with Crippen LogP contribution in [0.5, 0.6) is 0 Å². The van der Waals surface area contributed by atoms with Gasteiger partial charge in [0.1, 0.15) is 5.52 Å². The number of esters is 1. The lowest BCUT2D eigenvalue weighted by Gasteiger charge is -2.12. The summed E-state index contributed by atoms with van der Waals surface area (Å²) in [6.45, 7) is 4.21. The van der Waals surface area contributed by atoms with Crippen molar-refractivity contribution in [1.29, 1.82) is 0 Å². The van der Waals surface area contributed by atoms with E-state index in [4.69, 9.17) is 4.74 Å². The van der Waals surface area contributed by atoms with E-state index in [0.29, 0.717) is 17.7 Å². The Labute approximate surface area is 128 Å². The van der Waals surface area contributed by atoms with Crippen LogP contribution in [-0.2, 0) is 4.74 Å². The van der Waals surface area contributed by atoms with Crippen LogP contribution in [0.25, 0.3) is 11.0 Å². The quantitative estimate of drug-likeness (QED) is 0.693. The molecule has 0 spiro atoms. The van der Waals surface area contributed by atoms with Crippen molar-refractivity contribution in [2.24, 2.45) is 0 Å². The lowest BCUT2D eigenvalue weighted by molar-refractivity contribution is 0.0526. The molecule has 2 aromatic carbocycles. The first-order chi connectivity index (χ1) is 10.7. The van der Waals surface area contributed by atoms with E-state index in [-0.39, 0.29) is 12.0 Å². The maximum Gasteiger partial charge on any atom is 0.338 e. The average molecular weight is 295 g/mol. The molecule has 0 N–H and O–H groups in total. The maximum absolute atomic E-state index is 11.8. The van der Waals surface area contributed by atoms with Crippen LogP contribution in [0.3, 0.4) is 0 Å². The summed E-state index contributed by atoms with van der Waals surface area (Å²) in [7, 11) is 0. The Morgan fingerprint density at radius 2 is 2.00 bits per heavy atom. The van der Waals surface area contributed by atoms with E-state index in [0.717, 1.165) is 11.1 Å². The number of rotatable bonds is 4. The molecule has 0 aliphatic heterocycles. The largest absolute Gasteiger partial charge is 0.462 e. The van der Waals surface area contributed by atoms with Gasteiger partial charge in [0.05, 0.1) is 23.7 Å². The number of ether oxygens (including phenoxy) is 1. The van der Waals surface area contributed by atoms with Gasteiger partial charge < -0.3 is 4.74 Å². The van der Waals surface area contributed by atoms with Crippen molar-refractivity contribution in [1.82, 2.24) is 15.0 Å². The fourth-order valence-corrected chi connectivity index (χ4v) is 2.44. The van der Waals surface area contributed by atoms with Crippen LogP contribution in [0, 0.1) is 0 Å². The summed E-state index contributed by atoms with van der Waals surface area (Å²) in [6.07, 6.45) is 0. The first-order valence-electron chi connectivity index (χ1n) is 7.27. The van der Waals surface area contributed by atoms with Crippen molar-refractivity contribution in [2.75, 3.05) is 6.61 Å². The van der Waals surface area contributed by atoms with Crippen molar-refractivity contribution in [3.63, 3.8) is 0 Å². The molecule has 0 saturated carbocycles. The number of carbonyl (C=O) groups is 1. The van der Waals surface area contributed by atoms with E-state index in [2.05, 4.69) is 29.4 Å². The third-order valence-corrected chi connectivity index (χ3v) is 3.63. The van der Waals surface area contributed by atoms with E-state index in [1.165, 1.54) is 0 Å². The lowest BCUT2D eigenvalue weighted by atomic mass is 10.1. The van der Waals surface area contributed by atoms with Gasteiger partial charge in [0.15, 0.2) is 0 Å². The summed E-state index contributed by atoms with van der Waals surface area (Å²) in [6, 6.07) is 15.5. The SMILES string of the molecule is CCOC(=O)c1ccc2c(c1)nnn2[C@@H](C)c1ccccc1. The molecule has 5 nitrogen and oxygen atoms in total. The molecule has 0 saturated heterocycles. The van der Waals surface area contributed by atoms with Gasteiger partial charge in [-0.1, -0.05) is 35.5 Å². The van der Waals surface area contributed by atoms with Gasteiger partial charge >= 0.3 is 5.97 Å². The predicted molar refractivity (Wildman–Crippen MR) is 83.7 cm³/mol. The summed E-state index contributed by atoms with van der Waals surface area (Å²) in [4.78, 5) is 11.8. The Morgan fingerprint density at radius 1 is 1.23 bits per heavy atom. The van der Waals surface area contributed by atoms with E-state index in [1.54, 1.807) is 19.1 Å². The molecule has 0 aliphatic rings. The van der Waals surface area contributed by atoms with Crippen LogP contribution in [0.15, 0.2) is 48.5 Å². The topological polar surface area (TPSA) is 57.0 Å². The van der Waals surface area contributed by atoms with E-state index < -0.39 is 0 Å². The highest BCUT2D eigenvalue weighted by molar-refractivity contribution is 5.93. The molecule has 0 radical (unpaired) electrons. The molecular formula is C17H17N3O2. The molecule has 0 aliphatic carbocycles. The molecule has 22 heavy (non-hydrogen) atoms. The van der Waals surface area contributed by atoms with E-state index in [9.17, 15) is 4.79 Å². The second kappa shape index (κ2) is 5.97. The van der Waals surface area contributed by atoms with Gasteiger partial charge in [0.25, 0.3) is 0 Å². The first-order valence-corrected chi connectivity index (χ1v) is 7.27. The number of aromatic nitrogens is 3. The summed E-state index contributed by atoms with van der Waals surface area (Å²) in [5.74, 6) is -0.338. The Bertz CT molecular complexity index is 796. The van der Waals surface area contributed by atoms with Crippen LogP contribution in [-0.4, -0.2) is 27.6 Å². The van der Waals surface area contributed by atoms with Crippen LogP contribution in [0.1, 0.15) is 35.8 Å². The molecule has 112 valence electrons. The molecule has 0 amide bonds. The van der Waals surface area contributed by atoms with Crippen molar-refractivity contribution in [2.45, 2.75) is 19.9 Å². The highest BCUT2D eigenvalue weighted by Crippen LogP contribution is 2.22. The normalized spacial score (nSPS) is 12.3. The van der Waals surface area contributed by atoms with Gasteiger partial charge in [0, 0.05) is 0 Å². The molecule has 3 aromatic rings. The first kappa shape index (κ1) is 14.3. The van der Waals surface area contributed by atoms with Crippen LogP contribution in [0.2, 0.25) is 0 Å². The van der Waals surface area contributed by atoms with Crippen molar-refractivity contribution >= 4 is 17.0 Å². The third kappa shape index (κ3) is 2.57. The van der Waals surface area contributed by atoms with Gasteiger partial charge in [-0.3, -0.25) is 0 Å². The monoisotopic (exact) mass is 295 g/mol. The summed E-state index contributed by atoms with van der Waals surface area (Å²) in [5.41, 5.74) is 3.23. The molecule has 0 fully saturated rings. The van der Waals surface area contributed by atoms with Crippen LogP contribution < -0.4 is 0 Å². The highest BCUT2D eigenvalue weighted by Gasteiger charge is 2.15. The number of nitrogens with zero attached hydrogens (tertiary/aromatic N) is 3. The number of benzene rings is 2. The van der Waals surface area contributed by atoms with Gasteiger partial charge in [-0.25, -0.2) is 9.48 Å². The van der Waals surface area contributed by atoms with E-state index >= 15 is 0 Å². The van der Waals surface area contributed by atoms with Gasteiger partial charge in [-0.2, -0.15) is 0 Å². The molecule has 0 unspecified atom stereocenters. The van der Waals surface area contributed by atoms with Crippen molar-refractivity contribution < 1.29 is 9.53 Å². The zero-order valence-corrected chi connectivity index (χ0v) is 12.6. The van der Waals surface area contributed by atoms with Gasteiger partial charge in [0.2, 0.25) is 0 Å². The van der Waals surface area contributed by atoms with Crippen molar-refractivity contribution in [3.8, 4) is 0 Å². The fourth-order valence-electron chi connectivity index (χ4n) is 2.44. The number of hydrogen-bond donors (Lipinski definition) is 0. The lowest BCUT2D eigenvalue weighted by Crippen LogP contribution is -2.08. The summed E-state index contributed by atoms with van der Waals surface area (Å²) < 4.78 is 6.87. The molecule has 5 heteroatoms. The summed E-state index contributed by atoms with van der Waals surface area (Å²) >= 11 is 0. The highest BCUT2D eigenvalue weighted by atomic mass is 16.5. The van der Waals surface area contributed by atoms with E-state index in [1.807, 2.05) is 28.9 Å². The van der Waals surface area contributed by atoms with Crippen molar-refractivity contribution in [3.05, 3.63) is 59.7 Å². The smallest absolute Gasteiger partial charge is 0.338 e. The minimum absolute atomic E-state index is 0.0691. The van der Waals surface area contributed by atoms with Gasteiger partial charge in [-0.15, -0.1) is 5.10 Å². The van der Waals surface area contributed by atoms with Crippen LogP contribution in [0.4, 0.5) is 0 Å². The second-order valence-corrected chi connectivity index (χ2v) is 5.04. The molecule has 1 aromatic heterocycles. The number of carbonyl (C=O) groups excluding carboxylic acids is 1. The Kier molecular flexibility index (Phi) is 3.87. The predicted octanol–water partition coefficient (Wildman–Crippen LogP) is 3.22. The summed E-state index contributed by atoms with van der Waals surface area (Å²) in [5, 5.41) is 8.41. The molecular weight excluding hydrogens is 278 g/mol. The zero-order chi connectivity index (χ0) is 15.5. The third-order valence-electron chi connectivity index (χ3n) is 3.63. The van der Waals surface area contributed by atoms with Crippen LogP contribution >= 0.6 is 0 Å². The molecule has 1 heterocycles. The molecule has 3 rings (SSSR count). The maximum atomic E-state index is 11.8. The minimum atomic E-state index is -0.338. The molecule has 1 atom stereocenters. The fraction of sp³-hybridized carbons (Fsp3) is 0.235. The number of fused-ring (bicyclic) bond motifs is 1. The Morgan fingerprint density at radius 3 is 2.73 bits per heavy atom. The average Bonchev–Trinajstić information content (AvgIpc) is 2.98. The Balaban J connectivity index is 1.98. The molecule has 0 bridgehead atoms. The standard InChI is InChI=1S/C17H17N3O2/c1-3-22-17(21)14-9-10-16-15(11-14)18-19-20(16)12(2)13-7-5-4-6-8-13/h4-12H,3H2,1-2H3/t12-/m0/s1. The second-order valence-electron chi connectivity index (χ2n) is 5.04. The number of hydrogen-bond acceptors (Lipinski definition) is 4. The van der Waals surface area contributed by atoms with Gasteiger partial charge in [-0.05, 0) is 37.6 Å². The Hall–Kier alpha value is -2.69. The zero-order valence-electron chi connectivity index (χ0n) is 12.6. The minimum Gasteiger partial charge on any atom is -0.462 e.